The van der Waals surface area contributed by atoms with Crippen LogP contribution in [0, 0.1) is 0 Å². The smallest absolute Gasteiger partial charge is 0.457 e. The molecular weight excluding hydrogens is 719 g/mol. The monoisotopic (exact) mass is 805 g/mol. The van der Waals surface area contributed by atoms with Gasteiger partial charge < -0.3 is 24.6 Å². The molecule has 0 aromatic carbocycles. The van der Waals surface area contributed by atoms with Crippen LogP contribution in [0.3, 0.4) is 0 Å². The second-order valence-corrected chi connectivity index (χ2v) is 16.8. The molecular formula is C44H85O10P. The van der Waals surface area contributed by atoms with Crippen molar-refractivity contribution in [1.29, 1.82) is 0 Å². The van der Waals surface area contributed by atoms with Gasteiger partial charge in [0, 0.05) is 12.8 Å². The highest BCUT2D eigenvalue weighted by molar-refractivity contribution is 7.47. The normalized spacial score (nSPS) is 13.9. The van der Waals surface area contributed by atoms with E-state index in [1.165, 1.54) is 141 Å². The Morgan fingerprint density at radius 3 is 1.04 bits per heavy atom. The maximum atomic E-state index is 12.4. The summed E-state index contributed by atoms with van der Waals surface area (Å²) in [5, 5.41) is 19.2. The minimum atomic E-state index is -4.63. The van der Waals surface area contributed by atoms with Crippen molar-refractivity contribution in [2.45, 2.75) is 232 Å². The summed E-state index contributed by atoms with van der Waals surface area (Å²) < 4.78 is 32.6. The zero-order valence-corrected chi connectivity index (χ0v) is 36.3. The van der Waals surface area contributed by atoms with E-state index in [0.717, 1.165) is 38.5 Å². The summed E-state index contributed by atoms with van der Waals surface area (Å²) in [7, 11) is -4.63. The van der Waals surface area contributed by atoms with Crippen molar-refractivity contribution < 1.29 is 47.8 Å². The third-order valence-electron chi connectivity index (χ3n) is 9.98. The molecule has 0 fully saturated rings. The Balaban J connectivity index is 3.87. The molecule has 0 aliphatic rings. The Morgan fingerprint density at radius 1 is 0.473 bits per heavy atom. The number of phosphoric ester groups is 1. The number of allylic oxidation sites excluding steroid dienone is 2. The van der Waals surface area contributed by atoms with Crippen LogP contribution in [-0.2, 0) is 32.7 Å². The first-order chi connectivity index (χ1) is 26.8. The summed E-state index contributed by atoms with van der Waals surface area (Å²) in [4.78, 5) is 34.5. The molecule has 10 nitrogen and oxygen atoms in total. The van der Waals surface area contributed by atoms with Crippen LogP contribution in [0.1, 0.15) is 219 Å². The Hall–Kier alpha value is -1.29. The van der Waals surface area contributed by atoms with Gasteiger partial charge >= 0.3 is 19.8 Å². The minimum Gasteiger partial charge on any atom is -0.457 e. The summed E-state index contributed by atoms with van der Waals surface area (Å²) in [6, 6.07) is 0. The van der Waals surface area contributed by atoms with Crippen molar-refractivity contribution in [3.05, 3.63) is 12.2 Å². The molecule has 0 aromatic heterocycles. The lowest BCUT2D eigenvalue weighted by Gasteiger charge is -2.20. The molecule has 3 N–H and O–H groups in total. The zero-order valence-electron chi connectivity index (χ0n) is 35.4. The first-order valence-electron chi connectivity index (χ1n) is 22.6. The summed E-state index contributed by atoms with van der Waals surface area (Å²) in [6.07, 6.45) is 39.0. The maximum absolute atomic E-state index is 12.4. The van der Waals surface area contributed by atoms with E-state index in [1.54, 1.807) is 0 Å². The van der Waals surface area contributed by atoms with Gasteiger partial charge in [0.2, 0.25) is 0 Å². The molecule has 0 amide bonds. The highest BCUT2D eigenvalue weighted by Crippen LogP contribution is 2.43. The number of phosphoric acid groups is 1. The Morgan fingerprint density at radius 2 is 0.745 bits per heavy atom. The molecule has 55 heavy (non-hydrogen) atoms. The summed E-state index contributed by atoms with van der Waals surface area (Å²) in [5.74, 6) is -1.01. The zero-order chi connectivity index (χ0) is 40.5. The number of carbonyl (C=O) groups excluding carboxylic acids is 2. The fourth-order valence-corrected chi connectivity index (χ4v) is 7.25. The average Bonchev–Trinajstić information content (AvgIpc) is 3.17. The van der Waals surface area contributed by atoms with Crippen molar-refractivity contribution in [1.82, 2.24) is 0 Å². The largest absolute Gasteiger partial charge is 0.472 e. The van der Waals surface area contributed by atoms with E-state index in [0.29, 0.717) is 12.8 Å². The van der Waals surface area contributed by atoms with Gasteiger partial charge in [-0.05, 0) is 38.5 Å². The molecule has 3 unspecified atom stereocenters. The van der Waals surface area contributed by atoms with Gasteiger partial charge in [0.25, 0.3) is 0 Å². The van der Waals surface area contributed by atoms with Gasteiger partial charge in [-0.3, -0.25) is 18.6 Å². The van der Waals surface area contributed by atoms with Crippen LogP contribution in [0.4, 0.5) is 0 Å². The van der Waals surface area contributed by atoms with Crippen molar-refractivity contribution in [3.63, 3.8) is 0 Å². The number of hydrogen-bond donors (Lipinski definition) is 3. The number of esters is 2. The minimum absolute atomic E-state index is 0.193. The summed E-state index contributed by atoms with van der Waals surface area (Å²) >= 11 is 0. The van der Waals surface area contributed by atoms with Crippen LogP contribution in [-0.4, -0.2) is 65.7 Å². The molecule has 0 saturated heterocycles. The Kier molecular flexibility index (Phi) is 39.9. The van der Waals surface area contributed by atoms with Crippen LogP contribution in [0.5, 0.6) is 0 Å². The Labute approximate surface area is 336 Å². The van der Waals surface area contributed by atoms with E-state index < -0.39 is 58.4 Å². The predicted molar refractivity (Wildman–Crippen MR) is 224 cm³/mol. The number of ether oxygens (including phenoxy) is 2. The molecule has 0 aromatic rings. The third-order valence-corrected chi connectivity index (χ3v) is 10.9. The number of hydrogen-bond acceptors (Lipinski definition) is 9. The van der Waals surface area contributed by atoms with Crippen LogP contribution in [0.15, 0.2) is 12.2 Å². The highest BCUT2D eigenvalue weighted by Gasteiger charge is 2.27. The number of carbonyl (C=O) groups is 2. The van der Waals surface area contributed by atoms with Crippen molar-refractivity contribution >= 4 is 19.8 Å². The molecule has 0 spiro atoms. The lowest BCUT2D eigenvalue weighted by Crippen LogP contribution is -2.28. The fraction of sp³-hybridized carbons (Fsp3) is 0.909. The molecule has 3 atom stereocenters. The predicted octanol–water partition coefficient (Wildman–Crippen LogP) is 12.0. The Bertz CT molecular complexity index is 930. The molecule has 0 saturated carbocycles. The van der Waals surface area contributed by atoms with Crippen molar-refractivity contribution in [2.75, 3.05) is 26.4 Å². The van der Waals surface area contributed by atoms with Crippen LogP contribution in [0.25, 0.3) is 0 Å². The molecule has 0 aliphatic carbocycles. The molecule has 0 heterocycles. The van der Waals surface area contributed by atoms with E-state index in [2.05, 4.69) is 26.0 Å². The molecule has 326 valence electrons. The van der Waals surface area contributed by atoms with E-state index in [1.807, 2.05) is 0 Å². The van der Waals surface area contributed by atoms with Gasteiger partial charge in [-0.1, -0.05) is 180 Å². The summed E-state index contributed by atoms with van der Waals surface area (Å²) in [5.41, 5.74) is 0. The second-order valence-electron chi connectivity index (χ2n) is 15.4. The average molecular weight is 805 g/mol. The van der Waals surface area contributed by atoms with Crippen LogP contribution >= 0.6 is 7.82 Å². The lowest BCUT2D eigenvalue weighted by atomic mass is 10.0. The number of rotatable bonds is 43. The molecule has 11 heteroatoms. The molecule has 0 rings (SSSR count). The molecule has 0 bridgehead atoms. The van der Waals surface area contributed by atoms with Gasteiger partial charge in [-0.15, -0.1) is 0 Å². The topological polar surface area (TPSA) is 149 Å². The van der Waals surface area contributed by atoms with Gasteiger partial charge in [-0.2, -0.15) is 0 Å². The standard InChI is InChI=1S/C44H85O10P/c1-3-5-7-9-11-13-15-17-18-19-20-21-22-24-26-28-30-32-34-36-44(48)54-42(38-46)40-52-55(49,50)51-39-41(37-45)53-43(47)35-33-31-29-27-25-23-16-14-12-10-8-6-4-2/h17-18,41-42,45-46H,3-16,19-40H2,1-2H3,(H,49,50)/b18-17-. The quantitative estimate of drug-likeness (QED) is 0.0235. The molecule has 0 radical (unpaired) electrons. The van der Waals surface area contributed by atoms with E-state index in [4.69, 9.17) is 18.5 Å². The number of unbranched alkanes of at least 4 members (excludes halogenated alkanes) is 27. The first-order valence-corrected chi connectivity index (χ1v) is 24.1. The van der Waals surface area contributed by atoms with Gasteiger partial charge in [-0.25, -0.2) is 4.57 Å². The summed E-state index contributed by atoms with van der Waals surface area (Å²) in [6.45, 7) is 2.23. The first kappa shape index (κ1) is 53.7. The second kappa shape index (κ2) is 40.9. The highest BCUT2D eigenvalue weighted by atomic mass is 31.2. The van der Waals surface area contributed by atoms with E-state index in [-0.39, 0.29) is 12.8 Å². The fourth-order valence-electron chi connectivity index (χ4n) is 6.46. The SMILES string of the molecule is CCCCCCCC/C=C\CCCCCCCCCCCC(=O)OC(CO)COP(=O)(O)OCC(CO)OC(=O)CCCCCCCCCCCCCCC. The van der Waals surface area contributed by atoms with Crippen LogP contribution < -0.4 is 0 Å². The van der Waals surface area contributed by atoms with Gasteiger partial charge in [0.1, 0.15) is 12.2 Å². The van der Waals surface area contributed by atoms with Crippen molar-refractivity contribution in [2.24, 2.45) is 0 Å². The number of aliphatic hydroxyl groups excluding tert-OH is 2. The lowest BCUT2D eigenvalue weighted by molar-refractivity contribution is -0.153. The van der Waals surface area contributed by atoms with Crippen LogP contribution in [0.2, 0.25) is 0 Å². The van der Waals surface area contributed by atoms with E-state index >= 15 is 0 Å². The third kappa shape index (κ3) is 39.3. The van der Waals surface area contributed by atoms with Gasteiger partial charge in [0.15, 0.2) is 0 Å². The van der Waals surface area contributed by atoms with E-state index in [9.17, 15) is 29.3 Å². The number of aliphatic hydroxyl groups is 2. The maximum Gasteiger partial charge on any atom is 0.472 e. The molecule has 0 aliphatic heterocycles. The van der Waals surface area contributed by atoms with Crippen molar-refractivity contribution in [3.8, 4) is 0 Å². The van der Waals surface area contributed by atoms with Gasteiger partial charge in [0.05, 0.1) is 26.4 Å².